The van der Waals surface area contributed by atoms with Gasteiger partial charge < -0.3 is 28.5 Å². The minimum absolute atomic E-state index is 0. The first-order chi connectivity index (χ1) is 15.2. The molecule has 0 radical (unpaired) electrons. The highest BCUT2D eigenvalue weighted by atomic mass is 16.7. The molecule has 3 heterocycles. The third kappa shape index (κ3) is 4.56. The summed E-state index contributed by atoms with van der Waals surface area (Å²) in [5.74, 6) is -2.43. The fraction of sp³-hybridized carbons (Fsp3) is 0.500. The predicted octanol–water partition coefficient (Wildman–Crippen LogP) is 2.19. The number of esters is 2. The quantitative estimate of drug-likeness (QED) is 0.309. The third-order valence-electron chi connectivity index (χ3n) is 6.41. The maximum Gasteiger partial charge on any atom is 0.338 e. The largest absolute Gasteiger partial charge is 0.473 e. The molecule has 1 aliphatic carbocycles. The highest BCUT2D eigenvalue weighted by Crippen LogP contribution is 2.61. The van der Waals surface area contributed by atoms with Crippen molar-refractivity contribution in [3.05, 3.63) is 48.5 Å². The average molecular weight is 462 g/mol. The number of aliphatic hydroxyl groups is 1. The van der Waals surface area contributed by atoms with Gasteiger partial charge in [-0.05, 0) is 56.5 Å². The Morgan fingerprint density at radius 1 is 1.21 bits per heavy atom. The van der Waals surface area contributed by atoms with Gasteiger partial charge in [-0.25, -0.2) is 9.59 Å². The molecule has 1 spiro atoms. The van der Waals surface area contributed by atoms with Gasteiger partial charge in [0, 0.05) is 12.0 Å². The van der Waals surface area contributed by atoms with Gasteiger partial charge in [0.2, 0.25) is 0 Å². The molecule has 9 heteroatoms. The molecule has 0 bridgehead atoms. The number of rotatable bonds is 4. The Morgan fingerprint density at radius 2 is 1.88 bits per heavy atom. The smallest absolute Gasteiger partial charge is 0.338 e. The number of methoxy groups -OCH3 is 1. The molecule has 2 aliphatic heterocycles. The molecule has 6 atom stereocenters. The number of hydrogen-bond acceptors (Lipinski definition) is 9. The topological polar surface area (TPSA) is 133 Å². The second-order valence-electron chi connectivity index (χ2n) is 8.07. The van der Waals surface area contributed by atoms with Crippen molar-refractivity contribution in [3.8, 4) is 0 Å². The van der Waals surface area contributed by atoms with Gasteiger partial charge in [-0.1, -0.05) is 7.43 Å². The number of hydrogen-bond donors (Lipinski definition) is 1. The van der Waals surface area contributed by atoms with E-state index in [0.29, 0.717) is 18.3 Å². The molecule has 0 aromatic carbocycles. The molecule has 33 heavy (non-hydrogen) atoms. The van der Waals surface area contributed by atoms with Crippen LogP contribution in [0, 0.1) is 11.3 Å². The van der Waals surface area contributed by atoms with E-state index in [4.69, 9.17) is 14.2 Å². The summed E-state index contributed by atoms with van der Waals surface area (Å²) < 4.78 is 20.0. The Bertz CT molecular complexity index is 915. The van der Waals surface area contributed by atoms with E-state index in [1.165, 1.54) is 32.3 Å². The molecule has 1 saturated heterocycles. The molecule has 2 fully saturated rings. The van der Waals surface area contributed by atoms with Gasteiger partial charge in [0.05, 0.1) is 31.2 Å². The van der Waals surface area contributed by atoms with E-state index in [1.54, 1.807) is 19.5 Å². The molecule has 1 aromatic heterocycles. The number of aldehydes is 1. The van der Waals surface area contributed by atoms with Crippen molar-refractivity contribution in [3.63, 3.8) is 0 Å². The van der Waals surface area contributed by atoms with Crippen LogP contribution in [0.2, 0.25) is 0 Å². The van der Waals surface area contributed by atoms with Gasteiger partial charge in [0.1, 0.15) is 18.0 Å². The van der Waals surface area contributed by atoms with Crippen molar-refractivity contribution in [2.75, 3.05) is 7.11 Å². The zero-order chi connectivity index (χ0) is 23.5. The molecule has 180 valence electrons. The zero-order valence-electron chi connectivity index (χ0n) is 18.1. The molecule has 1 saturated carbocycles. The van der Waals surface area contributed by atoms with Crippen molar-refractivity contribution in [2.45, 2.75) is 58.0 Å². The second kappa shape index (κ2) is 10.3. The van der Waals surface area contributed by atoms with Gasteiger partial charge in [-0.2, -0.15) is 0 Å². The molecule has 3 aliphatic rings. The summed E-state index contributed by atoms with van der Waals surface area (Å²) >= 11 is 0. The lowest BCUT2D eigenvalue weighted by atomic mass is 9.57. The highest BCUT2D eigenvalue weighted by molar-refractivity contribution is 6.00. The van der Waals surface area contributed by atoms with Crippen LogP contribution in [0.1, 0.15) is 34.1 Å². The van der Waals surface area contributed by atoms with E-state index in [9.17, 15) is 24.3 Å². The van der Waals surface area contributed by atoms with Crippen molar-refractivity contribution in [2.24, 2.45) is 11.3 Å². The van der Waals surface area contributed by atoms with Crippen molar-refractivity contribution in [1.82, 2.24) is 0 Å². The number of ketones is 1. The van der Waals surface area contributed by atoms with Crippen LogP contribution in [-0.4, -0.2) is 60.1 Å². The SMILES string of the molecule is C.COC(=O)[C@H]1O[C@@]12[C@H](C=O)CCC(O)[C@@]2(C)C(=O)/C=C1\C=CC(=O)O[C@@H]1C.c1ccoc1. The number of carbonyl (C=O) groups is 4. The van der Waals surface area contributed by atoms with Crippen molar-refractivity contribution < 1.29 is 42.9 Å². The van der Waals surface area contributed by atoms with E-state index in [0.717, 1.165) is 0 Å². The van der Waals surface area contributed by atoms with Gasteiger partial charge in [0.25, 0.3) is 0 Å². The first-order valence-corrected chi connectivity index (χ1v) is 10.2. The maximum absolute atomic E-state index is 13.2. The van der Waals surface area contributed by atoms with Crippen molar-refractivity contribution in [1.29, 1.82) is 0 Å². The molecular formula is C24H30O9. The van der Waals surface area contributed by atoms with Crippen LogP contribution in [0.5, 0.6) is 0 Å². The van der Waals surface area contributed by atoms with Gasteiger partial charge >= 0.3 is 11.9 Å². The second-order valence-corrected chi connectivity index (χ2v) is 8.07. The number of ether oxygens (including phenoxy) is 3. The van der Waals surface area contributed by atoms with Crippen LogP contribution in [0.25, 0.3) is 0 Å². The fourth-order valence-corrected chi connectivity index (χ4v) is 4.45. The molecule has 1 unspecified atom stereocenters. The van der Waals surface area contributed by atoms with Crippen molar-refractivity contribution >= 4 is 24.0 Å². The number of allylic oxidation sites excluding steroid dienone is 1. The Morgan fingerprint density at radius 3 is 2.39 bits per heavy atom. The van der Waals surface area contributed by atoms with Gasteiger partial charge in [-0.15, -0.1) is 0 Å². The van der Waals surface area contributed by atoms with E-state index in [1.807, 2.05) is 12.1 Å². The number of carbonyl (C=O) groups excluding carboxylic acids is 4. The standard InChI is InChI=1S/C19H22O8.C4H4O.CH4/c1-10-11(4-7-15(23)26-10)8-14(22)18(2)13(21)6-5-12(9-20)19(18)16(27-19)17(24)25-3;1-2-4-5-3-1;/h4,7-10,12-13,16,21H,5-6H2,1-3H3;1-4H;1H4/b11-8+;;/t10-,12+,13?,16-,18+,19+;;/m1../s1. The monoisotopic (exact) mass is 462 g/mol. The molecule has 1 aromatic rings. The Balaban J connectivity index is 0.000000568. The van der Waals surface area contributed by atoms with Gasteiger partial charge in [-0.3, -0.25) is 4.79 Å². The summed E-state index contributed by atoms with van der Waals surface area (Å²) in [4.78, 5) is 48.3. The van der Waals surface area contributed by atoms with Crippen LogP contribution in [-0.2, 0) is 33.4 Å². The number of furan rings is 1. The predicted molar refractivity (Wildman–Crippen MR) is 116 cm³/mol. The van der Waals surface area contributed by atoms with Crippen LogP contribution in [0.3, 0.4) is 0 Å². The minimum atomic E-state index is -1.53. The maximum atomic E-state index is 13.2. The van der Waals surface area contributed by atoms with Crippen LogP contribution < -0.4 is 0 Å². The molecule has 4 rings (SSSR count). The molecule has 0 amide bonds. The van der Waals surface area contributed by atoms with E-state index in [2.05, 4.69) is 4.42 Å². The fourth-order valence-electron chi connectivity index (χ4n) is 4.45. The van der Waals surface area contributed by atoms with E-state index < -0.39 is 53.0 Å². The van der Waals surface area contributed by atoms with E-state index in [-0.39, 0.29) is 13.8 Å². The average Bonchev–Trinajstić information content (AvgIpc) is 3.21. The third-order valence-corrected chi connectivity index (χ3v) is 6.41. The molecular weight excluding hydrogens is 432 g/mol. The van der Waals surface area contributed by atoms with Crippen LogP contribution >= 0.6 is 0 Å². The Labute approximate surface area is 192 Å². The molecule has 9 nitrogen and oxygen atoms in total. The lowest BCUT2D eigenvalue weighted by Crippen LogP contribution is -2.59. The number of aliphatic hydroxyl groups excluding tert-OH is 1. The first-order valence-electron chi connectivity index (χ1n) is 10.2. The summed E-state index contributed by atoms with van der Waals surface area (Å²) in [5, 5.41) is 10.7. The summed E-state index contributed by atoms with van der Waals surface area (Å²) in [7, 11) is 1.19. The van der Waals surface area contributed by atoms with E-state index >= 15 is 0 Å². The number of cyclic esters (lactones) is 1. The Hall–Kier alpha value is -3.04. The summed E-state index contributed by atoms with van der Waals surface area (Å²) in [6.45, 7) is 3.12. The normalized spacial score (nSPS) is 35.5. The van der Waals surface area contributed by atoms with Gasteiger partial charge in [0.15, 0.2) is 11.9 Å². The lowest BCUT2D eigenvalue weighted by Gasteiger charge is -2.44. The summed E-state index contributed by atoms with van der Waals surface area (Å²) in [6, 6.07) is 3.67. The minimum Gasteiger partial charge on any atom is -0.473 e. The first kappa shape index (κ1) is 26.2. The Kier molecular flexibility index (Phi) is 8.16. The summed E-state index contributed by atoms with van der Waals surface area (Å²) in [6.07, 6.45) is 5.54. The summed E-state index contributed by atoms with van der Waals surface area (Å²) in [5.41, 5.74) is -2.53. The lowest BCUT2D eigenvalue weighted by molar-refractivity contribution is -0.149. The zero-order valence-corrected chi connectivity index (χ0v) is 18.1. The number of epoxide rings is 1. The highest BCUT2D eigenvalue weighted by Gasteiger charge is 2.78. The van der Waals surface area contributed by atoms with Crippen LogP contribution in [0.4, 0.5) is 0 Å². The molecule has 1 N–H and O–H groups in total. The van der Waals surface area contributed by atoms with Crippen LogP contribution in [0.15, 0.2) is 52.9 Å².